The fraction of sp³-hybridized carbons (Fsp3) is 0.0385. The number of allylic oxidation sites excluding steroid dienone is 4. The van der Waals surface area contributed by atoms with Crippen LogP contribution in [0, 0.1) is 0 Å². The van der Waals surface area contributed by atoms with Gasteiger partial charge in [0.15, 0.2) is 0 Å². The average Bonchev–Trinajstić information content (AvgIpc) is 3.63. The van der Waals surface area contributed by atoms with Gasteiger partial charge in [-0.15, -0.1) is 0 Å². The number of anilines is 3. The number of benzene rings is 8. The van der Waals surface area contributed by atoms with Crippen molar-refractivity contribution < 1.29 is 4.42 Å². The summed E-state index contributed by atoms with van der Waals surface area (Å²) in [5.41, 5.74) is 14.8. The van der Waals surface area contributed by atoms with Gasteiger partial charge in [-0.05, 0) is 117 Å². The van der Waals surface area contributed by atoms with Crippen LogP contribution in [-0.4, -0.2) is 0 Å². The van der Waals surface area contributed by atoms with Crippen molar-refractivity contribution in [3.63, 3.8) is 0 Å². The standard InChI is InChI=1S/C52H37NO/c1-3-10-36(11-4-1)38-20-27-45(28-21-38)53(46-29-22-39(23-30-46)43-19-18-37-12-7-8-15-42(37)34-43)47-31-24-40(25-32-47)44-26-33-51-50(35-44)49-17-9-16-48(52(49)54-51)41-13-5-2-6-14-41/h1-3,5-10,12-35H,4,11H2. The first kappa shape index (κ1) is 31.8. The summed E-state index contributed by atoms with van der Waals surface area (Å²) >= 11 is 0. The van der Waals surface area contributed by atoms with Crippen molar-refractivity contribution >= 4 is 55.3 Å². The fourth-order valence-corrected chi connectivity index (χ4v) is 7.91. The van der Waals surface area contributed by atoms with E-state index < -0.39 is 0 Å². The third-order valence-corrected chi connectivity index (χ3v) is 10.8. The Hall–Kier alpha value is -6.90. The lowest BCUT2D eigenvalue weighted by molar-refractivity contribution is 0.670. The zero-order chi connectivity index (χ0) is 35.8. The highest BCUT2D eigenvalue weighted by molar-refractivity contribution is 6.10. The molecule has 0 radical (unpaired) electrons. The normalized spacial score (nSPS) is 12.7. The zero-order valence-electron chi connectivity index (χ0n) is 29.8. The van der Waals surface area contributed by atoms with Crippen LogP contribution < -0.4 is 4.90 Å². The monoisotopic (exact) mass is 691 g/mol. The molecular weight excluding hydrogens is 655 g/mol. The quantitative estimate of drug-likeness (QED) is 0.165. The second-order valence-corrected chi connectivity index (χ2v) is 14.1. The molecule has 10 rings (SSSR count). The van der Waals surface area contributed by atoms with Crippen molar-refractivity contribution in [2.24, 2.45) is 0 Å². The van der Waals surface area contributed by atoms with Crippen LogP contribution in [0.5, 0.6) is 0 Å². The van der Waals surface area contributed by atoms with E-state index in [1.807, 2.05) is 6.07 Å². The van der Waals surface area contributed by atoms with Crippen LogP contribution in [0.25, 0.3) is 71.7 Å². The summed E-state index contributed by atoms with van der Waals surface area (Å²) in [6.45, 7) is 0. The SMILES string of the molecule is C1=CCCC(c2ccc(N(c3ccc(-c4ccc5ccccc5c4)cc3)c3ccc(-c4ccc5oc6c(-c7ccccc7)cccc6c5c4)cc3)cc2)=C1. The van der Waals surface area contributed by atoms with Crippen LogP contribution >= 0.6 is 0 Å². The highest BCUT2D eigenvalue weighted by atomic mass is 16.3. The zero-order valence-corrected chi connectivity index (χ0v) is 29.8. The third kappa shape index (κ3) is 5.88. The summed E-state index contributed by atoms with van der Waals surface area (Å²) in [5, 5.41) is 4.76. The second-order valence-electron chi connectivity index (χ2n) is 14.1. The number of fused-ring (bicyclic) bond motifs is 4. The topological polar surface area (TPSA) is 16.4 Å². The Balaban J connectivity index is 1.01. The van der Waals surface area contributed by atoms with Crippen molar-refractivity contribution in [3.05, 3.63) is 206 Å². The van der Waals surface area contributed by atoms with Crippen LogP contribution in [0.4, 0.5) is 17.1 Å². The predicted octanol–water partition coefficient (Wildman–Crippen LogP) is 14.9. The van der Waals surface area contributed by atoms with Gasteiger partial charge in [0.1, 0.15) is 11.2 Å². The lowest BCUT2D eigenvalue weighted by Gasteiger charge is -2.26. The van der Waals surface area contributed by atoms with E-state index in [4.69, 9.17) is 4.42 Å². The van der Waals surface area contributed by atoms with Crippen LogP contribution in [-0.2, 0) is 0 Å². The maximum Gasteiger partial charge on any atom is 0.143 e. The van der Waals surface area contributed by atoms with Gasteiger partial charge in [-0.2, -0.15) is 0 Å². The van der Waals surface area contributed by atoms with Gasteiger partial charge in [-0.3, -0.25) is 0 Å². The minimum atomic E-state index is 0.899. The number of hydrogen-bond acceptors (Lipinski definition) is 2. The molecule has 2 heteroatoms. The van der Waals surface area contributed by atoms with E-state index in [0.29, 0.717) is 0 Å². The first-order valence-corrected chi connectivity index (χ1v) is 18.7. The van der Waals surface area contributed by atoms with Gasteiger partial charge >= 0.3 is 0 Å². The molecule has 8 aromatic carbocycles. The van der Waals surface area contributed by atoms with Crippen molar-refractivity contribution in [1.29, 1.82) is 0 Å². The van der Waals surface area contributed by atoms with Crippen LogP contribution in [0.2, 0.25) is 0 Å². The maximum absolute atomic E-state index is 6.47. The molecule has 0 bridgehead atoms. The first-order valence-electron chi connectivity index (χ1n) is 18.7. The lowest BCUT2D eigenvalue weighted by Crippen LogP contribution is -2.10. The molecular formula is C52H37NO. The lowest BCUT2D eigenvalue weighted by atomic mass is 9.97. The van der Waals surface area contributed by atoms with E-state index in [-0.39, 0.29) is 0 Å². The summed E-state index contributed by atoms with van der Waals surface area (Å²) in [6.07, 6.45) is 8.82. The number of furan rings is 1. The molecule has 9 aromatic rings. The molecule has 0 aliphatic heterocycles. The van der Waals surface area contributed by atoms with Crippen LogP contribution in [0.3, 0.4) is 0 Å². The van der Waals surface area contributed by atoms with Gasteiger partial charge in [0.05, 0.1) is 0 Å². The minimum Gasteiger partial charge on any atom is -0.455 e. The van der Waals surface area contributed by atoms with E-state index >= 15 is 0 Å². The number of hydrogen-bond donors (Lipinski definition) is 0. The number of nitrogens with zero attached hydrogens (tertiary/aromatic N) is 1. The van der Waals surface area contributed by atoms with E-state index in [1.54, 1.807) is 0 Å². The summed E-state index contributed by atoms with van der Waals surface area (Å²) in [6, 6.07) is 65.6. The Bertz CT molecular complexity index is 2840. The molecule has 1 heterocycles. The smallest absolute Gasteiger partial charge is 0.143 e. The molecule has 0 N–H and O–H groups in total. The van der Waals surface area contributed by atoms with Gasteiger partial charge in [-0.1, -0.05) is 146 Å². The molecule has 256 valence electrons. The molecule has 0 atom stereocenters. The summed E-state index contributed by atoms with van der Waals surface area (Å²) < 4.78 is 6.47. The van der Waals surface area contributed by atoms with Gasteiger partial charge in [0.25, 0.3) is 0 Å². The van der Waals surface area contributed by atoms with Gasteiger partial charge in [-0.25, -0.2) is 0 Å². The molecule has 54 heavy (non-hydrogen) atoms. The highest BCUT2D eigenvalue weighted by Crippen LogP contribution is 2.40. The van der Waals surface area contributed by atoms with Gasteiger partial charge in [0, 0.05) is 33.4 Å². The largest absolute Gasteiger partial charge is 0.455 e. The van der Waals surface area contributed by atoms with Gasteiger partial charge in [0.2, 0.25) is 0 Å². The molecule has 1 aromatic heterocycles. The maximum atomic E-state index is 6.47. The van der Waals surface area contributed by atoms with E-state index in [9.17, 15) is 0 Å². The number of para-hydroxylation sites is 1. The Labute approximate surface area is 315 Å². The van der Waals surface area contributed by atoms with Crippen LogP contribution in [0.15, 0.2) is 205 Å². The summed E-state index contributed by atoms with van der Waals surface area (Å²) in [4.78, 5) is 2.35. The molecule has 0 amide bonds. The Morgan fingerprint density at radius 3 is 1.72 bits per heavy atom. The molecule has 2 nitrogen and oxygen atoms in total. The summed E-state index contributed by atoms with van der Waals surface area (Å²) in [7, 11) is 0. The Morgan fingerprint density at radius 2 is 1.04 bits per heavy atom. The average molecular weight is 692 g/mol. The van der Waals surface area contributed by atoms with E-state index in [0.717, 1.165) is 74.1 Å². The van der Waals surface area contributed by atoms with Crippen molar-refractivity contribution in [2.75, 3.05) is 4.90 Å². The van der Waals surface area contributed by atoms with Crippen LogP contribution in [0.1, 0.15) is 18.4 Å². The molecule has 0 unspecified atom stereocenters. The molecule has 0 fully saturated rings. The van der Waals surface area contributed by atoms with Crippen molar-refractivity contribution in [2.45, 2.75) is 12.8 Å². The van der Waals surface area contributed by atoms with E-state index in [1.165, 1.54) is 33.0 Å². The Kier molecular flexibility index (Phi) is 8.00. The molecule has 1 aliphatic carbocycles. The minimum absolute atomic E-state index is 0.899. The first-order chi connectivity index (χ1) is 26.7. The number of rotatable bonds is 7. The van der Waals surface area contributed by atoms with Gasteiger partial charge < -0.3 is 9.32 Å². The third-order valence-electron chi connectivity index (χ3n) is 10.8. The fourth-order valence-electron chi connectivity index (χ4n) is 7.91. The Morgan fingerprint density at radius 1 is 0.426 bits per heavy atom. The highest BCUT2D eigenvalue weighted by Gasteiger charge is 2.16. The van der Waals surface area contributed by atoms with Crippen molar-refractivity contribution in [1.82, 2.24) is 0 Å². The van der Waals surface area contributed by atoms with Crippen molar-refractivity contribution in [3.8, 4) is 33.4 Å². The molecule has 0 saturated carbocycles. The predicted molar refractivity (Wildman–Crippen MR) is 229 cm³/mol. The molecule has 0 spiro atoms. The molecule has 1 aliphatic rings. The second kappa shape index (κ2) is 13.6. The summed E-state index contributed by atoms with van der Waals surface area (Å²) in [5.74, 6) is 0. The van der Waals surface area contributed by atoms with E-state index in [2.05, 4.69) is 199 Å². The molecule has 0 saturated heterocycles.